The summed E-state index contributed by atoms with van der Waals surface area (Å²) in [5.41, 5.74) is 18.1. The van der Waals surface area contributed by atoms with Gasteiger partial charge in [0.05, 0.1) is 33.1 Å². The van der Waals surface area contributed by atoms with E-state index in [1.54, 1.807) is 0 Å². The van der Waals surface area contributed by atoms with Gasteiger partial charge in [-0.1, -0.05) is 119 Å². The first-order valence-corrected chi connectivity index (χ1v) is 16.9. The minimum Gasteiger partial charge on any atom is -0.308 e. The molecule has 0 aliphatic carbocycles. The summed E-state index contributed by atoms with van der Waals surface area (Å²) >= 11 is 0. The van der Waals surface area contributed by atoms with Crippen molar-refractivity contribution in [3.05, 3.63) is 144 Å². The molecule has 4 heterocycles. The van der Waals surface area contributed by atoms with Gasteiger partial charge in [-0.25, -0.2) is 0 Å². The lowest BCUT2D eigenvalue weighted by atomic mass is 9.94. The number of fused-ring (bicyclic) bond motifs is 12. The third-order valence-electron chi connectivity index (χ3n) is 10.9. The van der Waals surface area contributed by atoms with Crippen LogP contribution in [-0.4, -0.2) is 8.80 Å². The Morgan fingerprint density at radius 1 is 0.333 bits per heavy atom. The molecule has 0 N–H and O–H groups in total. The summed E-state index contributed by atoms with van der Waals surface area (Å²) in [6, 6.07) is 46.2. The van der Waals surface area contributed by atoms with Crippen LogP contribution in [0.3, 0.4) is 0 Å². The standard InChI is InChI=1S/C46H32N2/c1-25-17-26(2)20-29(19-25)31-13-15-33-37-23-42-38(24-41(37)47-39-11-7-5-9-35(39)43(31)45(33)47)34-16-14-32(30-21-27(3)18-28(4)22-30)44-36-10-6-8-12-40(36)48(42)46(34)44/h5-24H,1-4H3. The molecule has 4 aromatic heterocycles. The van der Waals surface area contributed by atoms with Crippen molar-refractivity contribution in [2.24, 2.45) is 0 Å². The smallest absolute Gasteiger partial charge is 0.0626 e. The minimum atomic E-state index is 1.27. The van der Waals surface area contributed by atoms with Gasteiger partial charge >= 0.3 is 0 Å². The van der Waals surface area contributed by atoms with Gasteiger partial charge in [0.25, 0.3) is 0 Å². The van der Waals surface area contributed by atoms with Gasteiger partial charge < -0.3 is 8.80 Å². The van der Waals surface area contributed by atoms with Crippen LogP contribution < -0.4 is 0 Å². The number of aromatic nitrogens is 2. The van der Waals surface area contributed by atoms with Crippen molar-refractivity contribution in [1.29, 1.82) is 0 Å². The van der Waals surface area contributed by atoms with Crippen molar-refractivity contribution < 1.29 is 0 Å². The van der Waals surface area contributed by atoms with Gasteiger partial charge in [-0.15, -0.1) is 0 Å². The fourth-order valence-electron chi connectivity index (χ4n) is 9.25. The van der Waals surface area contributed by atoms with Gasteiger partial charge in [-0.2, -0.15) is 0 Å². The summed E-state index contributed by atoms with van der Waals surface area (Å²) in [7, 11) is 0. The van der Waals surface area contributed by atoms with Gasteiger partial charge in [0.2, 0.25) is 0 Å². The average molecular weight is 613 g/mol. The van der Waals surface area contributed by atoms with Crippen LogP contribution in [0.25, 0.3) is 98.4 Å². The number of benzene rings is 7. The van der Waals surface area contributed by atoms with E-state index in [4.69, 9.17) is 0 Å². The Labute approximate surface area is 277 Å². The van der Waals surface area contributed by atoms with Crippen molar-refractivity contribution >= 4 is 76.2 Å². The molecule has 0 spiro atoms. The number of para-hydroxylation sites is 2. The van der Waals surface area contributed by atoms with Gasteiger partial charge in [0.15, 0.2) is 0 Å². The molecule has 0 radical (unpaired) electrons. The second-order valence-corrected chi connectivity index (χ2v) is 14.1. The molecule has 2 heteroatoms. The zero-order valence-corrected chi connectivity index (χ0v) is 27.4. The lowest BCUT2D eigenvalue weighted by Crippen LogP contribution is -1.84. The third-order valence-corrected chi connectivity index (χ3v) is 10.9. The monoisotopic (exact) mass is 612 g/mol. The van der Waals surface area contributed by atoms with E-state index in [1.165, 1.54) is 121 Å². The van der Waals surface area contributed by atoms with Crippen LogP contribution in [0.4, 0.5) is 0 Å². The molecule has 48 heavy (non-hydrogen) atoms. The number of aryl methyl sites for hydroxylation is 4. The normalized spacial score (nSPS) is 12.6. The summed E-state index contributed by atoms with van der Waals surface area (Å²) in [4.78, 5) is 0. The highest BCUT2D eigenvalue weighted by Crippen LogP contribution is 2.48. The van der Waals surface area contributed by atoms with Crippen LogP contribution in [0, 0.1) is 27.7 Å². The quantitative estimate of drug-likeness (QED) is 0.184. The molecule has 0 aliphatic rings. The zero-order chi connectivity index (χ0) is 32.0. The van der Waals surface area contributed by atoms with E-state index in [0.29, 0.717) is 0 Å². The Hall–Kier alpha value is -5.86. The molecule has 0 saturated heterocycles. The molecule has 11 aromatic rings. The molecule has 7 aromatic carbocycles. The predicted octanol–water partition coefficient (Wildman–Crippen LogP) is 12.6. The van der Waals surface area contributed by atoms with Crippen molar-refractivity contribution in [3.63, 3.8) is 0 Å². The first-order valence-electron chi connectivity index (χ1n) is 16.9. The van der Waals surface area contributed by atoms with Gasteiger partial charge in [0.1, 0.15) is 0 Å². The topological polar surface area (TPSA) is 8.82 Å². The molecule has 0 amide bonds. The van der Waals surface area contributed by atoms with Crippen LogP contribution in [0.2, 0.25) is 0 Å². The second-order valence-electron chi connectivity index (χ2n) is 14.1. The van der Waals surface area contributed by atoms with Crippen molar-refractivity contribution in [2.45, 2.75) is 27.7 Å². The average Bonchev–Trinajstić information content (AvgIpc) is 3.79. The molecular formula is C46H32N2. The van der Waals surface area contributed by atoms with E-state index in [9.17, 15) is 0 Å². The fraction of sp³-hybridized carbons (Fsp3) is 0.0870. The number of nitrogens with zero attached hydrogens (tertiary/aromatic N) is 2. The Morgan fingerprint density at radius 2 is 0.729 bits per heavy atom. The maximum Gasteiger partial charge on any atom is 0.0626 e. The molecule has 226 valence electrons. The lowest BCUT2D eigenvalue weighted by molar-refractivity contribution is 1.36. The van der Waals surface area contributed by atoms with E-state index in [1.807, 2.05) is 0 Å². The molecule has 2 nitrogen and oxygen atoms in total. The van der Waals surface area contributed by atoms with E-state index in [-0.39, 0.29) is 0 Å². The lowest BCUT2D eigenvalue weighted by Gasteiger charge is -2.08. The first-order chi connectivity index (χ1) is 23.4. The van der Waals surface area contributed by atoms with E-state index in [0.717, 1.165) is 0 Å². The van der Waals surface area contributed by atoms with Gasteiger partial charge in [-0.3, -0.25) is 0 Å². The SMILES string of the molecule is Cc1cc(C)cc(-c2ccc3c4cc5c(cc4n4c6ccccc6c2c34)c2ccc(-c3cc(C)cc(C)c3)c3c4ccccc4n5c23)c1. The van der Waals surface area contributed by atoms with Crippen molar-refractivity contribution in [3.8, 4) is 22.3 Å². The summed E-state index contributed by atoms with van der Waals surface area (Å²) in [5.74, 6) is 0. The Bertz CT molecular complexity index is 2890. The van der Waals surface area contributed by atoms with Crippen LogP contribution in [-0.2, 0) is 0 Å². The van der Waals surface area contributed by atoms with Crippen LogP contribution in [0.15, 0.2) is 121 Å². The predicted molar refractivity (Wildman–Crippen MR) is 206 cm³/mol. The summed E-state index contributed by atoms with van der Waals surface area (Å²) < 4.78 is 5.07. The molecule has 0 aliphatic heterocycles. The highest BCUT2D eigenvalue weighted by Gasteiger charge is 2.25. The van der Waals surface area contributed by atoms with Crippen LogP contribution >= 0.6 is 0 Å². The Kier molecular flexibility index (Phi) is 4.88. The van der Waals surface area contributed by atoms with E-state index in [2.05, 4.69) is 158 Å². The highest BCUT2D eigenvalue weighted by atomic mass is 14.9. The maximum atomic E-state index is 2.54. The molecule has 0 fully saturated rings. The maximum absolute atomic E-state index is 2.54. The van der Waals surface area contributed by atoms with Crippen molar-refractivity contribution in [1.82, 2.24) is 8.80 Å². The molecule has 0 bridgehead atoms. The molecule has 11 rings (SSSR count). The van der Waals surface area contributed by atoms with E-state index >= 15 is 0 Å². The highest BCUT2D eigenvalue weighted by molar-refractivity contribution is 6.31. The molecule has 0 unspecified atom stereocenters. The van der Waals surface area contributed by atoms with Crippen LogP contribution in [0.5, 0.6) is 0 Å². The summed E-state index contributed by atoms with van der Waals surface area (Å²) in [5, 5.41) is 10.5. The summed E-state index contributed by atoms with van der Waals surface area (Å²) in [6.07, 6.45) is 0. The molecule has 0 saturated carbocycles. The largest absolute Gasteiger partial charge is 0.308 e. The van der Waals surface area contributed by atoms with Crippen LogP contribution in [0.1, 0.15) is 22.3 Å². The fourth-order valence-corrected chi connectivity index (χ4v) is 9.25. The Balaban J connectivity index is 1.31. The van der Waals surface area contributed by atoms with Gasteiger partial charge in [-0.05, 0) is 74.2 Å². The van der Waals surface area contributed by atoms with E-state index < -0.39 is 0 Å². The zero-order valence-electron chi connectivity index (χ0n) is 27.4. The number of rotatable bonds is 2. The second kappa shape index (κ2) is 8.93. The van der Waals surface area contributed by atoms with Gasteiger partial charge in [0, 0.05) is 43.1 Å². The first kappa shape index (κ1) is 26.2. The third kappa shape index (κ3) is 3.22. The van der Waals surface area contributed by atoms with Crippen molar-refractivity contribution in [2.75, 3.05) is 0 Å². The summed E-state index contributed by atoms with van der Waals surface area (Å²) in [6.45, 7) is 8.80. The Morgan fingerprint density at radius 3 is 1.15 bits per heavy atom. The number of hydrogen-bond donors (Lipinski definition) is 0. The number of hydrogen-bond acceptors (Lipinski definition) is 0. The minimum absolute atomic E-state index is 1.27. The molecule has 0 atom stereocenters. The molecular weight excluding hydrogens is 581 g/mol.